The number of thioether (sulfide) groups is 1. The third-order valence-electron chi connectivity index (χ3n) is 1.71. The van der Waals surface area contributed by atoms with Gasteiger partial charge in [-0.1, -0.05) is 20.4 Å². The summed E-state index contributed by atoms with van der Waals surface area (Å²) >= 11 is 1.67. The molecule has 16 heavy (non-hydrogen) atoms. The first-order valence-electron chi connectivity index (χ1n) is 5.06. The van der Waals surface area contributed by atoms with Crippen molar-refractivity contribution in [1.82, 2.24) is 0 Å². The van der Waals surface area contributed by atoms with Crippen LogP contribution in [0.25, 0.3) is 0 Å². The second-order valence-corrected chi connectivity index (χ2v) is 4.67. The van der Waals surface area contributed by atoms with E-state index < -0.39 is 5.97 Å². The Hall–Kier alpha value is -0.970. The minimum atomic E-state index is -0.552. The molecule has 0 aromatic carbocycles. The minimum Gasteiger partial charge on any atom is -0.428 e. The van der Waals surface area contributed by atoms with E-state index in [1.807, 2.05) is 6.92 Å². The molecule has 0 fully saturated rings. The highest BCUT2D eigenvalue weighted by molar-refractivity contribution is 7.99. The van der Waals surface area contributed by atoms with Crippen molar-refractivity contribution in [2.24, 2.45) is 5.92 Å². The van der Waals surface area contributed by atoms with Gasteiger partial charge in [-0.15, -0.1) is 0 Å². The monoisotopic (exact) mass is 246 g/mol. The summed E-state index contributed by atoms with van der Waals surface area (Å²) in [6, 6.07) is 0. The Labute approximate surface area is 100 Å². The summed E-state index contributed by atoms with van der Waals surface area (Å²) in [6.45, 7) is 8.41. The molecule has 0 aliphatic carbocycles. The van der Waals surface area contributed by atoms with Crippen molar-refractivity contribution < 1.29 is 19.1 Å². The summed E-state index contributed by atoms with van der Waals surface area (Å²) in [6.07, 6.45) is 0. The average Bonchev–Trinajstić information content (AvgIpc) is 2.25. The molecular formula is C11H18O4S. The predicted octanol–water partition coefficient (Wildman–Crippen LogP) is 2.00. The molecule has 0 spiro atoms. The van der Waals surface area contributed by atoms with Gasteiger partial charge in [-0.3, -0.25) is 4.79 Å². The molecule has 0 radical (unpaired) electrons. The second kappa shape index (κ2) is 8.21. The quantitative estimate of drug-likeness (QED) is 0.390. The summed E-state index contributed by atoms with van der Waals surface area (Å²) in [5.41, 5.74) is 0.283. The van der Waals surface area contributed by atoms with Gasteiger partial charge in [-0.25, -0.2) is 4.79 Å². The van der Waals surface area contributed by atoms with Gasteiger partial charge in [0.2, 0.25) is 6.79 Å². The molecule has 0 N–H and O–H groups in total. The smallest absolute Gasteiger partial charge is 0.335 e. The molecule has 92 valence electrons. The lowest BCUT2D eigenvalue weighted by atomic mass is 10.2. The van der Waals surface area contributed by atoms with Crippen LogP contribution in [0.5, 0.6) is 0 Å². The van der Waals surface area contributed by atoms with Crippen LogP contribution in [-0.4, -0.2) is 30.2 Å². The fraction of sp³-hybridized carbons (Fsp3) is 0.636. The van der Waals surface area contributed by atoms with Gasteiger partial charge >= 0.3 is 11.9 Å². The number of carbonyl (C=O) groups is 2. The molecule has 0 aliphatic rings. The van der Waals surface area contributed by atoms with Gasteiger partial charge in [0, 0.05) is 11.3 Å². The first-order chi connectivity index (χ1) is 7.49. The van der Waals surface area contributed by atoms with Crippen LogP contribution in [-0.2, 0) is 19.1 Å². The number of carbonyl (C=O) groups excluding carboxylic acids is 2. The lowest BCUT2D eigenvalue weighted by molar-refractivity contribution is -0.166. The number of esters is 2. The van der Waals surface area contributed by atoms with E-state index >= 15 is 0 Å². The van der Waals surface area contributed by atoms with E-state index in [4.69, 9.17) is 4.74 Å². The third kappa shape index (κ3) is 6.50. The van der Waals surface area contributed by atoms with Crippen LogP contribution >= 0.6 is 11.8 Å². The topological polar surface area (TPSA) is 52.6 Å². The molecule has 0 aromatic rings. The van der Waals surface area contributed by atoms with Crippen molar-refractivity contribution >= 4 is 23.7 Å². The van der Waals surface area contributed by atoms with Gasteiger partial charge < -0.3 is 9.47 Å². The Balaban J connectivity index is 3.72. The second-order valence-electron chi connectivity index (χ2n) is 3.35. The van der Waals surface area contributed by atoms with E-state index in [0.29, 0.717) is 5.75 Å². The number of hydrogen-bond donors (Lipinski definition) is 0. The molecule has 0 aromatic heterocycles. The third-order valence-corrected chi connectivity index (χ3v) is 2.86. The van der Waals surface area contributed by atoms with E-state index in [9.17, 15) is 9.59 Å². The Morgan fingerprint density at radius 2 is 2.00 bits per heavy atom. The summed E-state index contributed by atoms with van der Waals surface area (Å²) in [4.78, 5) is 22.3. The SMILES string of the molecule is C=C(C)C(=O)OCOC(=O)C(C)CSCC. The molecule has 0 heterocycles. The molecule has 0 saturated carbocycles. The summed E-state index contributed by atoms with van der Waals surface area (Å²) in [7, 11) is 0. The van der Waals surface area contributed by atoms with Crippen LogP contribution in [0.2, 0.25) is 0 Å². The molecule has 0 amide bonds. The zero-order valence-corrected chi connectivity index (χ0v) is 10.8. The van der Waals surface area contributed by atoms with Gasteiger partial charge in [-0.2, -0.15) is 11.8 Å². The lowest BCUT2D eigenvalue weighted by Crippen LogP contribution is -2.20. The highest BCUT2D eigenvalue weighted by Gasteiger charge is 2.14. The average molecular weight is 246 g/mol. The Morgan fingerprint density at radius 1 is 1.38 bits per heavy atom. The van der Waals surface area contributed by atoms with Crippen molar-refractivity contribution in [1.29, 1.82) is 0 Å². The van der Waals surface area contributed by atoms with Gasteiger partial charge in [0.1, 0.15) is 0 Å². The first-order valence-corrected chi connectivity index (χ1v) is 6.21. The standard InChI is InChI=1S/C11H18O4S/c1-5-16-6-9(4)11(13)15-7-14-10(12)8(2)3/h9H,2,5-7H2,1,3-4H3. The molecule has 0 bridgehead atoms. The van der Waals surface area contributed by atoms with Crippen molar-refractivity contribution in [2.75, 3.05) is 18.3 Å². The maximum absolute atomic E-state index is 11.4. The molecular weight excluding hydrogens is 228 g/mol. The maximum Gasteiger partial charge on any atom is 0.335 e. The molecule has 0 saturated heterocycles. The van der Waals surface area contributed by atoms with E-state index in [2.05, 4.69) is 11.3 Å². The Morgan fingerprint density at radius 3 is 2.50 bits per heavy atom. The molecule has 1 atom stereocenters. The van der Waals surface area contributed by atoms with Crippen LogP contribution < -0.4 is 0 Å². The number of rotatable bonds is 7. The first kappa shape index (κ1) is 15.0. The Bertz CT molecular complexity index is 263. The predicted molar refractivity (Wildman–Crippen MR) is 64.0 cm³/mol. The minimum absolute atomic E-state index is 0.187. The van der Waals surface area contributed by atoms with Crippen molar-refractivity contribution in [2.45, 2.75) is 20.8 Å². The number of hydrogen-bond acceptors (Lipinski definition) is 5. The van der Waals surface area contributed by atoms with Crippen molar-refractivity contribution in [3.05, 3.63) is 12.2 Å². The lowest BCUT2D eigenvalue weighted by Gasteiger charge is -2.10. The summed E-state index contributed by atoms with van der Waals surface area (Å²) in [5, 5.41) is 0. The van der Waals surface area contributed by atoms with Gasteiger partial charge in [0.25, 0.3) is 0 Å². The van der Waals surface area contributed by atoms with E-state index in [0.717, 1.165) is 5.75 Å². The van der Waals surface area contributed by atoms with Crippen LogP contribution in [0, 0.1) is 5.92 Å². The Kier molecular flexibility index (Phi) is 7.72. The fourth-order valence-electron chi connectivity index (χ4n) is 0.769. The normalized spacial score (nSPS) is 11.7. The molecule has 5 heteroatoms. The van der Waals surface area contributed by atoms with Gasteiger partial charge in [0.05, 0.1) is 5.92 Å². The zero-order valence-electron chi connectivity index (χ0n) is 9.95. The summed E-state index contributed by atoms with van der Waals surface area (Å²) < 4.78 is 9.43. The molecule has 0 aliphatic heterocycles. The zero-order chi connectivity index (χ0) is 12.6. The molecule has 0 rings (SSSR count). The van der Waals surface area contributed by atoms with E-state index in [-0.39, 0.29) is 24.3 Å². The highest BCUT2D eigenvalue weighted by atomic mass is 32.2. The van der Waals surface area contributed by atoms with Crippen molar-refractivity contribution in [3.8, 4) is 0 Å². The van der Waals surface area contributed by atoms with Gasteiger partial charge in [0.15, 0.2) is 0 Å². The van der Waals surface area contributed by atoms with Crippen molar-refractivity contribution in [3.63, 3.8) is 0 Å². The molecule has 4 nitrogen and oxygen atoms in total. The maximum atomic E-state index is 11.4. The fourth-order valence-corrected chi connectivity index (χ4v) is 1.49. The highest BCUT2D eigenvalue weighted by Crippen LogP contribution is 2.09. The van der Waals surface area contributed by atoms with E-state index in [1.165, 1.54) is 6.92 Å². The molecule has 1 unspecified atom stereocenters. The largest absolute Gasteiger partial charge is 0.428 e. The van der Waals surface area contributed by atoms with Crippen LogP contribution in [0.3, 0.4) is 0 Å². The van der Waals surface area contributed by atoms with E-state index in [1.54, 1.807) is 18.7 Å². The number of ether oxygens (including phenoxy) is 2. The van der Waals surface area contributed by atoms with Crippen LogP contribution in [0.1, 0.15) is 20.8 Å². The van der Waals surface area contributed by atoms with Gasteiger partial charge in [-0.05, 0) is 12.7 Å². The summed E-state index contributed by atoms with van der Waals surface area (Å²) in [5.74, 6) is 0.582. The van der Waals surface area contributed by atoms with Crippen LogP contribution in [0.15, 0.2) is 12.2 Å². The van der Waals surface area contributed by atoms with Crippen LogP contribution in [0.4, 0.5) is 0 Å².